The highest BCUT2D eigenvalue weighted by Crippen LogP contribution is 2.23. The Bertz CT molecular complexity index is 315. The molecular weight excluding hydrogens is 232 g/mol. The number of rotatable bonds is 6. The van der Waals surface area contributed by atoms with Crippen molar-refractivity contribution in [2.45, 2.75) is 30.5 Å². The quantitative estimate of drug-likeness (QED) is 0.568. The van der Waals surface area contributed by atoms with Gasteiger partial charge in [0.1, 0.15) is 5.01 Å². The van der Waals surface area contributed by atoms with E-state index in [-0.39, 0.29) is 5.97 Å². The normalized spacial score (nSPS) is 10.3. The summed E-state index contributed by atoms with van der Waals surface area (Å²) in [6, 6.07) is 0. The molecule has 0 saturated heterocycles. The average molecular weight is 246 g/mol. The third-order valence-corrected chi connectivity index (χ3v) is 3.82. The van der Waals surface area contributed by atoms with Crippen molar-refractivity contribution in [1.29, 1.82) is 0 Å². The Labute approximate surface area is 97.4 Å². The Kier molecular flexibility index (Phi) is 5.63. The van der Waals surface area contributed by atoms with E-state index in [1.165, 1.54) is 18.9 Å². The largest absolute Gasteiger partial charge is 0.468 e. The van der Waals surface area contributed by atoms with Gasteiger partial charge in [0.25, 0.3) is 0 Å². The van der Waals surface area contributed by atoms with Crippen molar-refractivity contribution >= 4 is 29.1 Å². The van der Waals surface area contributed by atoms with Crippen molar-refractivity contribution in [2.75, 3.05) is 12.9 Å². The van der Waals surface area contributed by atoms with Gasteiger partial charge in [-0.05, 0) is 6.42 Å². The molecule has 0 amide bonds. The monoisotopic (exact) mass is 246 g/mol. The van der Waals surface area contributed by atoms with Crippen LogP contribution in [0.25, 0.3) is 0 Å². The fourth-order valence-electron chi connectivity index (χ4n) is 0.905. The molecule has 1 rings (SSSR count). The summed E-state index contributed by atoms with van der Waals surface area (Å²) >= 11 is 2.94. The predicted octanol–water partition coefficient (Wildman–Crippen LogP) is 2.15. The third-order valence-electron chi connectivity index (χ3n) is 1.73. The molecule has 0 aromatic carbocycles. The first-order valence-electron chi connectivity index (χ1n) is 4.78. The molecule has 0 fully saturated rings. The number of carbonyl (C=O) groups excluding carboxylic acids is 1. The van der Waals surface area contributed by atoms with Crippen LogP contribution in [0.3, 0.4) is 0 Å². The molecule has 6 heteroatoms. The minimum Gasteiger partial charge on any atom is -0.468 e. The fourth-order valence-corrected chi connectivity index (χ4v) is 2.68. The molecule has 1 aromatic rings. The smallest absolute Gasteiger partial charge is 0.316 e. The van der Waals surface area contributed by atoms with E-state index in [4.69, 9.17) is 0 Å². The Morgan fingerprint density at radius 1 is 1.53 bits per heavy atom. The van der Waals surface area contributed by atoms with E-state index in [0.29, 0.717) is 5.75 Å². The summed E-state index contributed by atoms with van der Waals surface area (Å²) < 4.78 is 5.38. The fraction of sp³-hybridized carbons (Fsp3) is 0.667. The maximum atomic E-state index is 10.9. The number of nitrogens with zero attached hydrogens (tertiary/aromatic N) is 2. The van der Waals surface area contributed by atoms with E-state index in [1.54, 1.807) is 11.3 Å². The van der Waals surface area contributed by atoms with Gasteiger partial charge in [-0.3, -0.25) is 4.79 Å². The molecule has 15 heavy (non-hydrogen) atoms. The van der Waals surface area contributed by atoms with E-state index in [0.717, 1.165) is 28.6 Å². The van der Waals surface area contributed by atoms with E-state index in [9.17, 15) is 4.79 Å². The van der Waals surface area contributed by atoms with Gasteiger partial charge in [-0.15, -0.1) is 10.2 Å². The van der Waals surface area contributed by atoms with Crippen molar-refractivity contribution < 1.29 is 9.53 Å². The zero-order chi connectivity index (χ0) is 11.1. The molecule has 0 unspecified atom stereocenters. The van der Waals surface area contributed by atoms with Crippen molar-refractivity contribution in [3.63, 3.8) is 0 Å². The van der Waals surface area contributed by atoms with E-state index in [1.807, 2.05) is 0 Å². The Morgan fingerprint density at radius 2 is 2.33 bits per heavy atom. The first-order valence-corrected chi connectivity index (χ1v) is 6.58. The third kappa shape index (κ3) is 4.61. The van der Waals surface area contributed by atoms with Crippen molar-refractivity contribution in [3.8, 4) is 0 Å². The second-order valence-electron chi connectivity index (χ2n) is 2.93. The lowest BCUT2D eigenvalue weighted by Crippen LogP contribution is -2.02. The summed E-state index contributed by atoms with van der Waals surface area (Å²) in [7, 11) is 1.38. The molecule has 0 aliphatic rings. The van der Waals surface area contributed by atoms with Crippen molar-refractivity contribution in [2.24, 2.45) is 0 Å². The van der Waals surface area contributed by atoms with Gasteiger partial charge >= 0.3 is 5.97 Å². The second-order valence-corrected chi connectivity index (χ2v) is 5.21. The molecular formula is C9H14N2O2S2. The molecule has 0 saturated carbocycles. The molecule has 0 aliphatic carbocycles. The number of aryl methyl sites for hydroxylation is 1. The molecule has 1 heterocycles. The number of hydrogen-bond donors (Lipinski definition) is 0. The summed E-state index contributed by atoms with van der Waals surface area (Å²) in [4.78, 5) is 10.9. The van der Waals surface area contributed by atoms with Crippen LogP contribution < -0.4 is 0 Å². The van der Waals surface area contributed by atoms with Crippen molar-refractivity contribution in [3.05, 3.63) is 5.01 Å². The lowest BCUT2D eigenvalue weighted by Gasteiger charge is -1.94. The number of unbranched alkanes of at least 4 members (excludes halogenated alkanes) is 1. The van der Waals surface area contributed by atoms with Gasteiger partial charge in [-0.25, -0.2) is 0 Å². The molecule has 4 nitrogen and oxygen atoms in total. The minimum absolute atomic E-state index is 0.231. The number of thioether (sulfide) groups is 1. The molecule has 84 valence electrons. The first-order chi connectivity index (χ1) is 7.26. The first kappa shape index (κ1) is 12.4. The van der Waals surface area contributed by atoms with Crippen LogP contribution >= 0.6 is 23.1 Å². The molecule has 0 spiro atoms. The van der Waals surface area contributed by atoms with Gasteiger partial charge in [0, 0.05) is 6.42 Å². The van der Waals surface area contributed by atoms with Crippen LogP contribution in [-0.4, -0.2) is 29.0 Å². The number of esters is 1. The van der Waals surface area contributed by atoms with Crippen molar-refractivity contribution in [1.82, 2.24) is 10.2 Å². The maximum Gasteiger partial charge on any atom is 0.316 e. The van der Waals surface area contributed by atoms with Gasteiger partial charge in [-0.2, -0.15) is 0 Å². The molecule has 0 radical (unpaired) electrons. The maximum absolute atomic E-state index is 10.9. The van der Waals surface area contributed by atoms with Crippen LogP contribution in [-0.2, 0) is 16.0 Å². The van der Waals surface area contributed by atoms with Gasteiger partial charge < -0.3 is 4.74 Å². The predicted molar refractivity (Wildman–Crippen MR) is 61.3 cm³/mol. The Hall–Kier alpha value is -0.620. The van der Waals surface area contributed by atoms with E-state index < -0.39 is 0 Å². The van der Waals surface area contributed by atoms with Crippen LogP contribution in [0.2, 0.25) is 0 Å². The molecule has 1 aromatic heterocycles. The number of hydrogen-bond acceptors (Lipinski definition) is 6. The van der Waals surface area contributed by atoms with Gasteiger partial charge in [0.15, 0.2) is 4.34 Å². The number of carbonyl (C=O) groups is 1. The van der Waals surface area contributed by atoms with Gasteiger partial charge in [0.05, 0.1) is 12.9 Å². The summed E-state index contributed by atoms with van der Waals surface area (Å²) in [6.45, 7) is 2.15. The zero-order valence-electron chi connectivity index (χ0n) is 8.86. The van der Waals surface area contributed by atoms with E-state index in [2.05, 4.69) is 21.9 Å². The van der Waals surface area contributed by atoms with Crippen LogP contribution in [0.4, 0.5) is 0 Å². The summed E-state index contributed by atoms with van der Waals surface area (Å²) in [6.07, 6.45) is 3.27. The van der Waals surface area contributed by atoms with Crippen LogP contribution in [0.1, 0.15) is 24.8 Å². The van der Waals surface area contributed by atoms with Crippen LogP contribution in [0.15, 0.2) is 4.34 Å². The molecule has 0 N–H and O–H groups in total. The number of methoxy groups -OCH3 is 1. The highest BCUT2D eigenvalue weighted by molar-refractivity contribution is 8.01. The van der Waals surface area contributed by atoms with E-state index >= 15 is 0 Å². The van der Waals surface area contributed by atoms with Gasteiger partial charge in [-0.1, -0.05) is 36.4 Å². The lowest BCUT2D eigenvalue weighted by molar-refractivity contribution is -0.137. The standard InChI is InChI=1S/C9H14N2O2S2/c1-3-4-5-7-10-11-9(15-7)14-6-8(12)13-2/h3-6H2,1-2H3. The molecule has 0 bridgehead atoms. The van der Waals surface area contributed by atoms with Crippen LogP contribution in [0, 0.1) is 0 Å². The summed E-state index contributed by atoms with van der Waals surface area (Å²) in [5.74, 6) is 0.0733. The zero-order valence-corrected chi connectivity index (χ0v) is 10.5. The highest BCUT2D eigenvalue weighted by atomic mass is 32.2. The minimum atomic E-state index is -0.231. The average Bonchev–Trinajstić information content (AvgIpc) is 2.71. The highest BCUT2D eigenvalue weighted by Gasteiger charge is 2.07. The molecule has 0 atom stereocenters. The Balaban J connectivity index is 2.35. The number of ether oxygens (including phenoxy) is 1. The summed E-state index contributed by atoms with van der Waals surface area (Å²) in [5.41, 5.74) is 0. The topological polar surface area (TPSA) is 52.1 Å². The Morgan fingerprint density at radius 3 is 3.00 bits per heavy atom. The summed E-state index contributed by atoms with van der Waals surface area (Å²) in [5, 5.41) is 9.10. The SMILES string of the molecule is CCCCc1nnc(SCC(=O)OC)s1. The van der Waals surface area contributed by atoms with Crippen LogP contribution in [0.5, 0.6) is 0 Å². The molecule has 0 aliphatic heterocycles. The second kappa shape index (κ2) is 6.79. The van der Waals surface area contributed by atoms with Gasteiger partial charge in [0.2, 0.25) is 0 Å². The lowest BCUT2D eigenvalue weighted by atomic mass is 10.3. The number of aromatic nitrogens is 2.